The Morgan fingerprint density at radius 1 is 1.28 bits per heavy atom. The predicted molar refractivity (Wildman–Crippen MR) is 94.1 cm³/mol. The molecule has 25 heavy (non-hydrogen) atoms. The number of aliphatic hydroxyl groups is 1. The molecule has 1 fully saturated rings. The molecule has 0 spiro atoms. The van der Waals surface area contributed by atoms with Crippen LogP contribution in [0.4, 0.5) is 4.39 Å². The van der Waals surface area contributed by atoms with Crippen molar-refractivity contribution in [1.82, 2.24) is 4.98 Å². The summed E-state index contributed by atoms with van der Waals surface area (Å²) in [5.41, 5.74) is 1.09. The Bertz CT molecular complexity index is 715. The summed E-state index contributed by atoms with van der Waals surface area (Å²) in [6.45, 7) is 2.91. The lowest BCUT2D eigenvalue weighted by Crippen LogP contribution is -2.35. The van der Waals surface area contributed by atoms with Gasteiger partial charge in [-0.25, -0.2) is 9.37 Å². The van der Waals surface area contributed by atoms with Crippen molar-refractivity contribution >= 4 is 11.8 Å². The Balaban J connectivity index is 1.86. The van der Waals surface area contributed by atoms with Crippen LogP contribution in [0.5, 0.6) is 0 Å². The number of hydrogen-bond acceptors (Lipinski definition) is 5. The van der Waals surface area contributed by atoms with E-state index in [0.717, 1.165) is 21.0 Å². The van der Waals surface area contributed by atoms with Crippen molar-refractivity contribution < 1.29 is 19.0 Å². The Kier molecular flexibility index (Phi) is 5.74. The molecule has 1 aromatic heterocycles. The highest BCUT2D eigenvalue weighted by Crippen LogP contribution is 2.38. The minimum Gasteiger partial charge on any atom is -0.389 e. The van der Waals surface area contributed by atoms with Crippen LogP contribution in [-0.4, -0.2) is 30.4 Å². The van der Waals surface area contributed by atoms with E-state index in [1.54, 1.807) is 26.3 Å². The van der Waals surface area contributed by atoms with Crippen LogP contribution < -0.4 is 0 Å². The largest absolute Gasteiger partial charge is 0.389 e. The topological polar surface area (TPSA) is 51.6 Å². The summed E-state index contributed by atoms with van der Waals surface area (Å²) in [6, 6.07) is 8.67. The normalized spacial score (nSPS) is 18.1. The zero-order valence-corrected chi connectivity index (χ0v) is 15.2. The third kappa shape index (κ3) is 4.20. The van der Waals surface area contributed by atoms with Crippen molar-refractivity contribution in [1.29, 1.82) is 0 Å². The van der Waals surface area contributed by atoms with Gasteiger partial charge in [0.15, 0.2) is 0 Å². The number of halogens is 1. The van der Waals surface area contributed by atoms with Gasteiger partial charge in [0.2, 0.25) is 0 Å². The molecule has 1 unspecified atom stereocenters. The summed E-state index contributed by atoms with van der Waals surface area (Å²) < 4.78 is 25.4. The second-order valence-electron chi connectivity index (χ2n) is 6.19. The van der Waals surface area contributed by atoms with E-state index in [1.807, 2.05) is 18.2 Å². The van der Waals surface area contributed by atoms with Crippen molar-refractivity contribution in [3.63, 3.8) is 0 Å². The number of rotatable bonds is 5. The van der Waals surface area contributed by atoms with Gasteiger partial charge in [-0.3, -0.25) is 0 Å². The molecule has 1 aliphatic rings. The van der Waals surface area contributed by atoms with E-state index in [4.69, 9.17) is 9.47 Å². The second kappa shape index (κ2) is 7.83. The van der Waals surface area contributed by atoms with Gasteiger partial charge in [-0.05, 0) is 42.3 Å². The van der Waals surface area contributed by atoms with Crippen LogP contribution in [0.3, 0.4) is 0 Å². The molecular weight excluding hydrogens is 341 g/mol. The first kappa shape index (κ1) is 18.3. The van der Waals surface area contributed by atoms with Gasteiger partial charge in [-0.15, -0.1) is 0 Å². The molecule has 0 radical (unpaired) electrons. The van der Waals surface area contributed by atoms with E-state index in [-0.39, 0.29) is 5.82 Å². The van der Waals surface area contributed by atoms with E-state index in [9.17, 15) is 9.50 Å². The van der Waals surface area contributed by atoms with Gasteiger partial charge in [0.25, 0.3) is 0 Å². The quantitative estimate of drug-likeness (QED) is 0.868. The molecule has 0 bridgehead atoms. The van der Waals surface area contributed by atoms with E-state index in [2.05, 4.69) is 4.98 Å². The second-order valence-corrected chi connectivity index (χ2v) is 7.29. The van der Waals surface area contributed by atoms with Crippen LogP contribution in [0.2, 0.25) is 0 Å². The molecule has 3 rings (SSSR count). The van der Waals surface area contributed by atoms with Gasteiger partial charge in [0.05, 0.1) is 11.7 Å². The highest BCUT2D eigenvalue weighted by molar-refractivity contribution is 7.99. The summed E-state index contributed by atoms with van der Waals surface area (Å²) >= 11 is 1.39. The van der Waals surface area contributed by atoms with E-state index in [1.165, 1.54) is 17.8 Å². The fourth-order valence-electron chi connectivity index (χ4n) is 3.02. The maximum Gasteiger partial charge on any atom is 0.124 e. The molecule has 1 aromatic carbocycles. The number of methoxy groups -OCH3 is 1. The minimum atomic E-state index is -0.553. The summed E-state index contributed by atoms with van der Waals surface area (Å²) in [5, 5.41) is 10.3. The first-order valence-electron chi connectivity index (χ1n) is 8.28. The molecule has 2 aromatic rings. The number of nitrogens with zero attached hydrogens (tertiary/aromatic N) is 1. The molecule has 1 aliphatic heterocycles. The van der Waals surface area contributed by atoms with Crippen LogP contribution in [0.25, 0.3) is 0 Å². The Morgan fingerprint density at radius 2 is 2.04 bits per heavy atom. The minimum absolute atomic E-state index is 0.288. The molecule has 0 aliphatic carbocycles. The lowest BCUT2D eigenvalue weighted by molar-refractivity contribution is -0.0950. The summed E-state index contributed by atoms with van der Waals surface area (Å²) in [4.78, 5) is 5.11. The van der Waals surface area contributed by atoms with Crippen molar-refractivity contribution in [2.75, 3.05) is 20.3 Å². The molecule has 0 amide bonds. The molecule has 1 N–H and O–H groups in total. The third-order valence-electron chi connectivity index (χ3n) is 4.55. The summed E-state index contributed by atoms with van der Waals surface area (Å²) in [7, 11) is 1.67. The zero-order chi connectivity index (χ0) is 17.9. The first-order chi connectivity index (χ1) is 12.0. The monoisotopic (exact) mass is 363 g/mol. The number of hydrogen-bond donors (Lipinski definition) is 1. The molecule has 1 saturated heterocycles. The van der Waals surface area contributed by atoms with E-state index >= 15 is 0 Å². The number of aromatic nitrogens is 1. The molecule has 4 nitrogen and oxygen atoms in total. The molecule has 6 heteroatoms. The lowest BCUT2D eigenvalue weighted by atomic mass is 9.86. The van der Waals surface area contributed by atoms with Gasteiger partial charge < -0.3 is 14.6 Å². The number of ether oxygens (including phenoxy) is 2. The van der Waals surface area contributed by atoms with Gasteiger partial charge in [0, 0.05) is 44.3 Å². The van der Waals surface area contributed by atoms with Gasteiger partial charge in [0.1, 0.15) is 10.8 Å². The maximum atomic E-state index is 14.2. The highest BCUT2D eigenvalue weighted by Gasteiger charge is 2.35. The van der Waals surface area contributed by atoms with Crippen LogP contribution in [-0.2, 0) is 15.1 Å². The average Bonchev–Trinajstić information content (AvgIpc) is 2.62. The van der Waals surface area contributed by atoms with Crippen LogP contribution in [0, 0.1) is 5.82 Å². The highest BCUT2D eigenvalue weighted by atomic mass is 32.2. The Labute approximate surface area is 151 Å². The molecule has 2 heterocycles. The van der Waals surface area contributed by atoms with Crippen molar-refractivity contribution in [3.8, 4) is 0 Å². The number of pyridine rings is 1. The maximum absolute atomic E-state index is 14.2. The Morgan fingerprint density at radius 3 is 2.64 bits per heavy atom. The fraction of sp³-hybridized carbons (Fsp3) is 0.421. The van der Waals surface area contributed by atoms with Gasteiger partial charge in [-0.1, -0.05) is 17.8 Å². The molecular formula is C19H22FNO3S. The summed E-state index contributed by atoms with van der Waals surface area (Å²) in [5.74, 6) is -0.288. The van der Waals surface area contributed by atoms with E-state index in [0.29, 0.717) is 26.1 Å². The first-order valence-corrected chi connectivity index (χ1v) is 9.10. The predicted octanol–water partition coefficient (Wildman–Crippen LogP) is 4.08. The fourth-order valence-corrected chi connectivity index (χ4v) is 3.86. The lowest BCUT2D eigenvalue weighted by Gasteiger charge is -2.36. The van der Waals surface area contributed by atoms with Gasteiger partial charge >= 0.3 is 0 Å². The zero-order valence-electron chi connectivity index (χ0n) is 14.4. The SMILES string of the molecule is COC1(c2cc(F)cc(Sc3ccc(C(C)O)cn3)c2)CCOCC1. The van der Waals surface area contributed by atoms with Crippen LogP contribution in [0.15, 0.2) is 46.5 Å². The molecule has 0 saturated carbocycles. The number of aliphatic hydroxyl groups excluding tert-OH is 1. The van der Waals surface area contributed by atoms with Crippen molar-refractivity contribution in [3.05, 3.63) is 53.5 Å². The Hall–Kier alpha value is -1.47. The third-order valence-corrected chi connectivity index (χ3v) is 5.47. The van der Waals surface area contributed by atoms with Crippen LogP contribution >= 0.6 is 11.8 Å². The molecule has 1 atom stereocenters. The van der Waals surface area contributed by atoms with E-state index < -0.39 is 11.7 Å². The van der Waals surface area contributed by atoms with Gasteiger partial charge in [-0.2, -0.15) is 0 Å². The van der Waals surface area contributed by atoms with Crippen molar-refractivity contribution in [2.24, 2.45) is 0 Å². The average molecular weight is 363 g/mol. The summed E-state index contributed by atoms with van der Waals surface area (Å²) in [6.07, 6.45) is 2.50. The van der Waals surface area contributed by atoms with Crippen molar-refractivity contribution in [2.45, 2.75) is 41.4 Å². The standard InChI is InChI=1S/C19H22FNO3S/c1-13(22)14-3-4-18(21-12-14)25-17-10-15(9-16(20)11-17)19(23-2)5-7-24-8-6-19/h3-4,9-13,22H,5-8H2,1-2H3. The molecule has 134 valence electrons. The van der Waals surface area contributed by atoms with Crippen LogP contribution in [0.1, 0.15) is 37.0 Å². The number of benzene rings is 1. The smallest absolute Gasteiger partial charge is 0.124 e.